The normalized spacial score (nSPS) is 17.9. The lowest BCUT2D eigenvalue weighted by Crippen LogP contribution is -2.06. The molecule has 0 aromatic carbocycles. The SMILES string of the molecule is NCc1noc(/C=C/C2CCC2)n1. The van der Waals surface area contributed by atoms with Gasteiger partial charge in [0.25, 0.3) is 0 Å². The molecule has 1 aromatic rings. The Hall–Kier alpha value is -1.16. The molecule has 1 aliphatic carbocycles. The Morgan fingerprint density at radius 1 is 1.54 bits per heavy atom. The second-order valence-electron chi connectivity index (χ2n) is 3.30. The van der Waals surface area contributed by atoms with Crippen molar-refractivity contribution in [2.24, 2.45) is 11.7 Å². The van der Waals surface area contributed by atoms with E-state index in [0.29, 0.717) is 24.2 Å². The smallest absolute Gasteiger partial charge is 0.250 e. The van der Waals surface area contributed by atoms with E-state index in [9.17, 15) is 0 Å². The van der Waals surface area contributed by atoms with E-state index in [2.05, 4.69) is 16.2 Å². The van der Waals surface area contributed by atoms with Crippen LogP contribution in [0.1, 0.15) is 31.0 Å². The zero-order chi connectivity index (χ0) is 9.10. The van der Waals surface area contributed by atoms with Gasteiger partial charge in [0.15, 0.2) is 5.82 Å². The average Bonchev–Trinajstić information content (AvgIpc) is 2.49. The lowest BCUT2D eigenvalue weighted by molar-refractivity contribution is 0.385. The quantitative estimate of drug-likeness (QED) is 0.760. The third-order valence-corrected chi connectivity index (χ3v) is 2.33. The predicted octanol–water partition coefficient (Wildman–Crippen LogP) is 1.34. The Kier molecular flexibility index (Phi) is 2.40. The monoisotopic (exact) mass is 179 g/mol. The molecule has 0 amide bonds. The molecule has 70 valence electrons. The molecule has 2 N–H and O–H groups in total. The molecule has 0 aliphatic heterocycles. The highest BCUT2D eigenvalue weighted by Gasteiger charge is 2.13. The van der Waals surface area contributed by atoms with Gasteiger partial charge in [0.2, 0.25) is 5.89 Å². The number of hydrogen-bond donors (Lipinski definition) is 1. The Labute approximate surface area is 76.8 Å². The van der Waals surface area contributed by atoms with Crippen LogP contribution in [0.3, 0.4) is 0 Å². The fraction of sp³-hybridized carbons (Fsp3) is 0.556. The fourth-order valence-corrected chi connectivity index (χ4v) is 1.27. The number of hydrogen-bond acceptors (Lipinski definition) is 4. The van der Waals surface area contributed by atoms with Crippen molar-refractivity contribution in [2.75, 3.05) is 0 Å². The average molecular weight is 179 g/mol. The largest absolute Gasteiger partial charge is 0.335 e. The molecule has 0 radical (unpaired) electrons. The van der Waals surface area contributed by atoms with E-state index in [0.717, 1.165) is 0 Å². The van der Waals surface area contributed by atoms with Gasteiger partial charge in [0, 0.05) is 0 Å². The third-order valence-electron chi connectivity index (χ3n) is 2.33. The Balaban J connectivity index is 1.95. The van der Waals surface area contributed by atoms with Crippen LogP contribution in [-0.4, -0.2) is 10.1 Å². The molecule has 4 heteroatoms. The predicted molar refractivity (Wildman–Crippen MR) is 48.6 cm³/mol. The molecule has 1 heterocycles. The topological polar surface area (TPSA) is 64.9 Å². The molecule has 1 fully saturated rings. The molecule has 0 saturated heterocycles. The number of rotatable bonds is 3. The maximum absolute atomic E-state index is 5.35. The van der Waals surface area contributed by atoms with Crippen LogP contribution in [0.4, 0.5) is 0 Å². The van der Waals surface area contributed by atoms with E-state index in [1.54, 1.807) is 0 Å². The standard InChI is InChI=1S/C9H13N3O/c10-6-8-11-9(13-12-8)5-4-7-2-1-3-7/h4-5,7H,1-3,6,10H2/b5-4+. The molecular formula is C9H13N3O. The Morgan fingerprint density at radius 3 is 2.92 bits per heavy atom. The summed E-state index contributed by atoms with van der Waals surface area (Å²) < 4.78 is 4.95. The van der Waals surface area contributed by atoms with Gasteiger partial charge in [-0.15, -0.1) is 0 Å². The zero-order valence-corrected chi connectivity index (χ0v) is 7.44. The summed E-state index contributed by atoms with van der Waals surface area (Å²) in [6.07, 6.45) is 7.93. The highest BCUT2D eigenvalue weighted by Crippen LogP contribution is 2.27. The summed E-state index contributed by atoms with van der Waals surface area (Å²) in [5.41, 5.74) is 5.35. The summed E-state index contributed by atoms with van der Waals surface area (Å²) in [6.45, 7) is 0.334. The molecule has 4 nitrogen and oxygen atoms in total. The molecular weight excluding hydrogens is 166 g/mol. The number of aromatic nitrogens is 2. The highest BCUT2D eigenvalue weighted by atomic mass is 16.5. The maximum atomic E-state index is 5.35. The molecule has 0 unspecified atom stereocenters. The van der Waals surface area contributed by atoms with Crippen molar-refractivity contribution in [2.45, 2.75) is 25.8 Å². The highest BCUT2D eigenvalue weighted by molar-refractivity contribution is 5.38. The minimum absolute atomic E-state index is 0.334. The van der Waals surface area contributed by atoms with Gasteiger partial charge >= 0.3 is 0 Å². The van der Waals surface area contributed by atoms with Gasteiger partial charge in [0.05, 0.1) is 6.54 Å². The van der Waals surface area contributed by atoms with E-state index in [4.69, 9.17) is 10.3 Å². The van der Waals surface area contributed by atoms with Crippen LogP contribution in [0.15, 0.2) is 10.6 Å². The fourth-order valence-electron chi connectivity index (χ4n) is 1.27. The molecule has 0 spiro atoms. The van der Waals surface area contributed by atoms with Crippen LogP contribution in [0.5, 0.6) is 0 Å². The molecule has 1 aromatic heterocycles. The minimum atomic E-state index is 0.334. The van der Waals surface area contributed by atoms with Crippen molar-refractivity contribution < 1.29 is 4.52 Å². The Morgan fingerprint density at radius 2 is 2.38 bits per heavy atom. The lowest BCUT2D eigenvalue weighted by Gasteiger charge is -2.20. The van der Waals surface area contributed by atoms with Crippen molar-refractivity contribution in [3.63, 3.8) is 0 Å². The zero-order valence-electron chi connectivity index (χ0n) is 7.44. The van der Waals surface area contributed by atoms with Crippen LogP contribution in [0.25, 0.3) is 6.08 Å². The van der Waals surface area contributed by atoms with E-state index in [1.165, 1.54) is 19.3 Å². The molecule has 0 bridgehead atoms. The summed E-state index contributed by atoms with van der Waals surface area (Å²) in [6, 6.07) is 0. The summed E-state index contributed by atoms with van der Waals surface area (Å²) in [7, 11) is 0. The van der Waals surface area contributed by atoms with Crippen molar-refractivity contribution in [3.05, 3.63) is 17.8 Å². The summed E-state index contributed by atoms with van der Waals surface area (Å²) in [5.74, 6) is 1.84. The Bertz CT molecular complexity index is 302. The van der Waals surface area contributed by atoms with Crippen molar-refractivity contribution in [1.29, 1.82) is 0 Å². The second kappa shape index (κ2) is 3.70. The molecule has 2 rings (SSSR count). The van der Waals surface area contributed by atoms with Crippen LogP contribution < -0.4 is 5.73 Å². The first kappa shape index (κ1) is 8.44. The van der Waals surface area contributed by atoms with Gasteiger partial charge in [-0.25, -0.2) is 0 Å². The number of nitrogens with zero attached hydrogens (tertiary/aromatic N) is 2. The second-order valence-corrected chi connectivity index (χ2v) is 3.30. The first-order chi connectivity index (χ1) is 6.38. The summed E-state index contributed by atoms with van der Waals surface area (Å²) >= 11 is 0. The van der Waals surface area contributed by atoms with E-state index in [1.807, 2.05) is 6.08 Å². The van der Waals surface area contributed by atoms with Gasteiger partial charge in [-0.05, 0) is 24.8 Å². The molecule has 13 heavy (non-hydrogen) atoms. The van der Waals surface area contributed by atoms with Crippen LogP contribution in [0, 0.1) is 5.92 Å². The summed E-state index contributed by atoms with van der Waals surface area (Å²) in [5, 5.41) is 3.69. The van der Waals surface area contributed by atoms with Gasteiger partial charge in [-0.3, -0.25) is 0 Å². The van der Waals surface area contributed by atoms with E-state index in [-0.39, 0.29) is 0 Å². The molecule has 1 aliphatic rings. The van der Waals surface area contributed by atoms with E-state index < -0.39 is 0 Å². The minimum Gasteiger partial charge on any atom is -0.335 e. The van der Waals surface area contributed by atoms with Gasteiger partial charge in [0.1, 0.15) is 0 Å². The van der Waals surface area contributed by atoms with Gasteiger partial charge in [-0.2, -0.15) is 4.98 Å². The molecule has 0 atom stereocenters. The van der Waals surface area contributed by atoms with Crippen LogP contribution in [-0.2, 0) is 6.54 Å². The first-order valence-electron chi connectivity index (χ1n) is 4.59. The molecule has 1 saturated carbocycles. The van der Waals surface area contributed by atoms with Crippen molar-refractivity contribution >= 4 is 6.08 Å². The maximum Gasteiger partial charge on any atom is 0.250 e. The van der Waals surface area contributed by atoms with Crippen molar-refractivity contribution in [1.82, 2.24) is 10.1 Å². The number of nitrogens with two attached hydrogens (primary N) is 1. The number of allylic oxidation sites excluding steroid dienone is 1. The first-order valence-corrected chi connectivity index (χ1v) is 4.59. The van der Waals surface area contributed by atoms with Crippen LogP contribution in [0.2, 0.25) is 0 Å². The van der Waals surface area contributed by atoms with Gasteiger partial charge < -0.3 is 10.3 Å². The van der Waals surface area contributed by atoms with Crippen molar-refractivity contribution in [3.8, 4) is 0 Å². The van der Waals surface area contributed by atoms with Gasteiger partial charge in [-0.1, -0.05) is 17.7 Å². The lowest BCUT2D eigenvalue weighted by atomic mass is 9.85. The summed E-state index contributed by atoms with van der Waals surface area (Å²) in [4.78, 5) is 4.07. The van der Waals surface area contributed by atoms with Crippen LogP contribution >= 0.6 is 0 Å². The third kappa shape index (κ3) is 1.95. The van der Waals surface area contributed by atoms with E-state index >= 15 is 0 Å².